The van der Waals surface area contributed by atoms with Crippen LogP contribution in [0.15, 0.2) is 36.8 Å². The van der Waals surface area contributed by atoms with Gasteiger partial charge >= 0.3 is 7.12 Å². The highest BCUT2D eigenvalue weighted by atomic mass is 16.7. The minimum absolute atomic E-state index is 0.302. The van der Waals surface area contributed by atoms with Gasteiger partial charge in [0.1, 0.15) is 0 Å². The first-order valence-corrected chi connectivity index (χ1v) is 9.89. The second kappa shape index (κ2) is 8.32. The van der Waals surface area contributed by atoms with Crippen LogP contribution in [-0.2, 0) is 14.0 Å². The Hall–Kier alpha value is -1.40. The molecule has 2 fully saturated rings. The molecule has 0 N–H and O–H groups in total. The van der Waals surface area contributed by atoms with E-state index in [1.807, 2.05) is 5.98 Å². The van der Waals surface area contributed by atoms with Crippen molar-refractivity contribution in [1.29, 1.82) is 0 Å². The summed E-state index contributed by atoms with van der Waals surface area (Å²) >= 11 is 0. The van der Waals surface area contributed by atoms with E-state index in [4.69, 9.17) is 14.0 Å². The van der Waals surface area contributed by atoms with Crippen molar-refractivity contribution in [2.75, 3.05) is 32.8 Å². The summed E-state index contributed by atoms with van der Waals surface area (Å²) in [7, 11) is -0.307. The molecule has 1 aromatic carbocycles. The minimum atomic E-state index is -0.307. The van der Waals surface area contributed by atoms with Crippen molar-refractivity contribution in [1.82, 2.24) is 4.90 Å². The third-order valence-electron chi connectivity index (χ3n) is 5.87. The first-order valence-electron chi connectivity index (χ1n) is 9.89. The van der Waals surface area contributed by atoms with Crippen LogP contribution >= 0.6 is 0 Å². The smallest absolute Gasteiger partial charge is 0.400 e. The predicted molar refractivity (Wildman–Crippen MR) is 112 cm³/mol. The van der Waals surface area contributed by atoms with E-state index >= 15 is 0 Å². The second-order valence-electron chi connectivity index (χ2n) is 8.41. The number of rotatable bonds is 6. The monoisotopic (exact) mass is 369 g/mol. The van der Waals surface area contributed by atoms with Crippen molar-refractivity contribution >= 4 is 18.8 Å². The summed E-state index contributed by atoms with van der Waals surface area (Å²) in [5, 5.41) is 0. The maximum absolute atomic E-state index is 6.00. The van der Waals surface area contributed by atoms with Crippen LogP contribution in [0.3, 0.4) is 0 Å². The van der Waals surface area contributed by atoms with Crippen LogP contribution in [0.2, 0.25) is 0 Å². The summed E-state index contributed by atoms with van der Waals surface area (Å²) in [6.07, 6.45) is 3.05. The highest BCUT2D eigenvalue weighted by Gasteiger charge is 2.49. The quantitative estimate of drug-likeness (QED) is 0.708. The van der Waals surface area contributed by atoms with Crippen molar-refractivity contribution in [3.63, 3.8) is 0 Å². The third-order valence-corrected chi connectivity index (χ3v) is 5.87. The molecule has 2 heterocycles. The van der Waals surface area contributed by atoms with Gasteiger partial charge in [-0.3, -0.25) is 4.90 Å². The third kappa shape index (κ3) is 5.11. The molecule has 1 aromatic rings. The van der Waals surface area contributed by atoms with Gasteiger partial charge in [-0.1, -0.05) is 42.9 Å². The molecule has 2 aliphatic heterocycles. The van der Waals surface area contributed by atoms with Gasteiger partial charge in [0.15, 0.2) is 0 Å². The first kappa shape index (κ1) is 20.3. The lowest BCUT2D eigenvalue weighted by Gasteiger charge is -2.32. The maximum Gasteiger partial charge on any atom is 0.487 e. The molecule has 27 heavy (non-hydrogen) atoms. The number of nitrogens with zero attached hydrogens (tertiary/aromatic N) is 1. The molecule has 2 aliphatic rings. The molecule has 0 aromatic heterocycles. The van der Waals surface area contributed by atoms with Gasteiger partial charge in [-0.05, 0) is 50.8 Å². The molecule has 0 unspecified atom stereocenters. The molecule has 4 nitrogen and oxygen atoms in total. The molecule has 0 aliphatic carbocycles. The summed E-state index contributed by atoms with van der Waals surface area (Å²) in [6.45, 7) is 17.3. The van der Waals surface area contributed by atoms with Crippen LogP contribution in [0, 0.1) is 0 Å². The van der Waals surface area contributed by atoms with Crippen molar-refractivity contribution in [2.45, 2.75) is 45.3 Å². The molecule has 0 spiro atoms. The molecule has 0 amide bonds. The summed E-state index contributed by atoms with van der Waals surface area (Å²) in [4.78, 5) is 2.44. The van der Waals surface area contributed by atoms with Gasteiger partial charge in [0.05, 0.1) is 24.4 Å². The predicted octanol–water partition coefficient (Wildman–Crippen LogP) is 4.07. The lowest BCUT2D eigenvalue weighted by molar-refractivity contribution is 0.00578. The molecular weight excluding hydrogens is 337 g/mol. The van der Waals surface area contributed by atoms with E-state index in [0.29, 0.717) is 0 Å². The topological polar surface area (TPSA) is 30.9 Å². The van der Waals surface area contributed by atoms with Crippen LogP contribution in [0.1, 0.15) is 45.2 Å². The van der Waals surface area contributed by atoms with E-state index in [-0.39, 0.29) is 18.3 Å². The van der Waals surface area contributed by atoms with Crippen LogP contribution in [0.25, 0.3) is 11.6 Å². The first-order chi connectivity index (χ1) is 12.8. The largest absolute Gasteiger partial charge is 0.487 e. The number of hydrogen-bond donors (Lipinski definition) is 0. The van der Waals surface area contributed by atoms with E-state index in [1.54, 1.807) is 0 Å². The Balaban J connectivity index is 1.52. The van der Waals surface area contributed by atoms with Gasteiger partial charge in [-0.25, -0.2) is 0 Å². The number of morpholine rings is 1. The Morgan fingerprint density at radius 2 is 1.67 bits per heavy atom. The van der Waals surface area contributed by atoms with Crippen molar-refractivity contribution < 1.29 is 14.0 Å². The zero-order chi connectivity index (χ0) is 19.5. The minimum Gasteiger partial charge on any atom is -0.400 e. The summed E-state index contributed by atoms with van der Waals surface area (Å²) in [6, 6.07) is 8.53. The van der Waals surface area contributed by atoms with Crippen LogP contribution in [-0.4, -0.2) is 56.1 Å². The number of ether oxygens (including phenoxy) is 1. The fourth-order valence-corrected chi connectivity index (χ4v) is 3.25. The number of hydrogen-bond acceptors (Lipinski definition) is 4. The standard InChI is InChI=1S/C22H32BNO3/c1-18(11-13-24-14-16-25-17-15-24)20-8-6-19(7-9-20)10-12-23-26-21(2,3)22(4,5)27-23/h6-10,12H,1,11,13-17H2,2-5H3/b12-10+. The van der Waals surface area contributed by atoms with Gasteiger partial charge < -0.3 is 14.0 Å². The lowest BCUT2D eigenvalue weighted by Crippen LogP contribution is -2.41. The van der Waals surface area contributed by atoms with Crippen molar-refractivity contribution in [3.8, 4) is 0 Å². The van der Waals surface area contributed by atoms with Gasteiger partial charge in [0.2, 0.25) is 0 Å². The molecule has 5 heteroatoms. The average molecular weight is 369 g/mol. The molecule has 0 atom stereocenters. The van der Waals surface area contributed by atoms with Gasteiger partial charge in [0.25, 0.3) is 0 Å². The summed E-state index contributed by atoms with van der Waals surface area (Å²) in [5.74, 6) is 1.98. The fraction of sp³-hybridized carbons (Fsp3) is 0.545. The van der Waals surface area contributed by atoms with E-state index in [1.165, 1.54) is 11.1 Å². The maximum atomic E-state index is 6.00. The zero-order valence-electron chi connectivity index (χ0n) is 17.2. The molecule has 146 valence electrons. The fourth-order valence-electron chi connectivity index (χ4n) is 3.25. The second-order valence-corrected chi connectivity index (χ2v) is 8.41. The molecular formula is C22H32BNO3. The summed E-state index contributed by atoms with van der Waals surface area (Å²) in [5.41, 5.74) is 2.92. The molecule has 0 saturated carbocycles. The van der Waals surface area contributed by atoms with E-state index in [9.17, 15) is 0 Å². The molecule has 0 bridgehead atoms. The van der Waals surface area contributed by atoms with Crippen molar-refractivity contribution in [3.05, 3.63) is 47.9 Å². The Morgan fingerprint density at radius 3 is 2.26 bits per heavy atom. The van der Waals surface area contributed by atoms with Crippen LogP contribution in [0.4, 0.5) is 0 Å². The molecule has 0 radical (unpaired) electrons. The van der Waals surface area contributed by atoms with Crippen LogP contribution < -0.4 is 0 Å². The van der Waals surface area contributed by atoms with E-state index < -0.39 is 0 Å². The Labute approximate surface area is 164 Å². The van der Waals surface area contributed by atoms with Gasteiger partial charge in [-0.15, -0.1) is 0 Å². The Morgan fingerprint density at radius 1 is 1.07 bits per heavy atom. The molecule has 2 saturated heterocycles. The molecule has 3 rings (SSSR count). The van der Waals surface area contributed by atoms with Gasteiger partial charge in [0, 0.05) is 19.6 Å². The Bertz CT molecular complexity index is 659. The van der Waals surface area contributed by atoms with E-state index in [2.05, 4.69) is 69.5 Å². The highest BCUT2D eigenvalue weighted by Crippen LogP contribution is 2.37. The average Bonchev–Trinajstić information content (AvgIpc) is 2.86. The normalized spacial score (nSPS) is 22.4. The van der Waals surface area contributed by atoms with Crippen LogP contribution in [0.5, 0.6) is 0 Å². The Kier molecular flexibility index (Phi) is 6.26. The SMILES string of the molecule is C=C(CCN1CCOCC1)c1ccc(/C=C/B2OC(C)(C)C(C)(C)O2)cc1. The highest BCUT2D eigenvalue weighted by molar-refractivity contribution is 6.52. The lowest BCUT2D eigenvalue weighted by atomic mass is 9.89. The number of benzene rings is 1. The van der Waals surface area contributed by atoms with Crippen molar-refractivity contribution in [2.24, 2.45) is 0 Å². The summed E-state index contributed by atoms with van der Waals surface area (Å²) < 4.78 is 17.4. The zero-order valence-corrected chi connectivity index (χ0v) is 17.2. The van der Waals surface area contributed by atoms with Gasteiger partial charge in [-0.2, -0.15) is 0 Å². The van der Waals surface area contributed by atoms with E-state index in [0.717, 1.165) is 44.8 Å².